The molecule has 6 heteroatoms. The lowest BCUT2D eigenvalue weighted by atomic mass is 10.0. The number of rotatable bonds is 10. The van der Waals surface area contributed by atoms with Gasteiger partial charge in [0.25, 0.3) is 0 Å². The predicted molar refractivity (Wildman–Crippen MR) is 88.9 cm³/mol. The first-order valence-electron chi connectivity index (χ1n) is 7.65. The van der Waals surface area contributed by atoms with Crippen molar-refractivity contribution in [3.8, 4) is 5.75 Å². The van der Waals surface area contributed by atoms with Crippen molar-refractivity contribution in [1.29, 1.82) is 0 Å². The summed E-state index contributed by atoms with van der Waals surface area (Å²) < 4.78 is 36.9. The average molecular weight is 329 g/mol. The number of ether oxygens (including phenoxy) is 2. The molecular weight excluding hydrogens is 302 g/mol. The van der Waals surface area contributed by atoms with Crippen LogP contribution in [0.5, 0.6) is 5.75 Å². The first-order chi connectivity index (χ1) is 10.4. The van der Waals surface area contributed by atoms with E-state index in [2.05, 4.69) is 4.72 Å². The second-order valence-corrected chi connectivity index (χ2v) is 7.78. The van der Waals surface area contributed by atoms with Gasteiger partial charge in [-0.05, 0) is 44.4 Å². The van der Waals surface area contributed by atoms with Gasteiger partial charge in [0.2, 0.25) is 10.0 Å². The van der Waals surface area contributed by atoms with E-state index in [1.165, 1.54) is 0 Å². The Morgan fingerprint density at radius 1 is 1.09 bits per heavy atom. The molecule has 1 rings (SSSR count). The molecule has 5 nitrogen and oxygen atoms in total. The maximum atomic E-state index is 11.7. The highest BCUT2D eigenvalue weighted by Crippen LogP contribution is 2.19. The van der Waals surface area contributed by atoms with E-state index in [0.29, 0.717) is 26.4 Å². The van der Waals surface area contributed by atoms with Gasteiger partial charge in [0, 0.05) is 13.2 Å². The summed E-state index contributed by atoms with van der Waals surface area (Å²) in [7, 11) is -3.22. The molecule has 1 aromatic rings. The van der Waals surface area contributed by atoms with Crippen molar-refractivity contribution < 1.29 is 17.9 Å². The summed E-state index contributed by atoms with van der Waals surface area (Å²) in [6, 6.07) is 7.72. The molecule has 0 saturated heterocycles. The van der Waals surface area contributed by atoms with Gasteiger partial charge in [0.05, 0.1) is 11.9 Å². The van der Waals surface area contributed by atoms with Gasteiger partial charge in [0.15, 0.2) is 0 Å². The van der Waals surface area contributed by atoms with Gasteiger partial charge in [-0.2, -0.15) is 0 Å². The number of benzene rings is 1. The highest BCUT2D eigenvalue weighted by molar-refractivity contribution is 7.90. The quantitative estimate of drug-likeness (QED) is 0.670. The van der Waals surface area contributed by atoms with E-state index in [1.54, 1.807) is 13.8 Å². The third-order valence-corrected chi connectivity index (χ3v) is 5.17. The summed E-state index contributed by atoms with van der Waals surface area (Å²) in [6.45, 7) is 9.46. The van der Waals surface area contributed by atoms with Gasteiger partial charge < -0.3 is 9.47 Å². The first-order valence-corrected chi connectivity index (χ1v) is 9.20. The van der Waals surface area contributed by atoms with E-state index in [0.717, 1.165) is 11.3 Å². The number of hydrogen-bond acceptors (Lipinski definition) is 4. The molecule has 1 atom stereocenters. The number of hydrogen-bond donors (Lipinski definition) is 1. The number of sulfonamides is 1. The lowest BCUT2D eigenvalue weighted by Crippen LogP contribution is -2.33. The minimum Gasteiger partial charge on any atom is -0.491 e. The van der Waals surface area contributed by atoms with Crippen LogP contribution in [0.15, 0.2) is 24.3 Å². The fourth-order valence-electron chi connectivity index (χ4n) is 1.78. The van der Waals surface area contributed by atoms with Crippen molar-refractivity contribution in [3.05, 3.63) is 29.8 Å². The van der Waals surface area contributed by atoms with Crippen molar-refractivity contribution in [2.75, 3.05) is 26.4 Å². The van der Waals surface area contributed by atoms with Gasteiger partial charge in [-0.1, -0.05) is 19.1 Å². The van der Waals surface area contributed by atoms with Crippen molar-refractivity contribution in [2.24, 2.45) is 0 Å². The standard InChI is InChI=1S/C16H27NO4S/c1-5-20-10-11-21-16-8-6-15(7-9-16)14(4)12-17-22(18,19)13(2)3/h6-9,13-14,17H,5,10-12H2,1-4H3. The van der Waals surface area contributed by atoms with E-state index in [1.807, 2.05) is 38.1 Å². The molecule has 0 aliphatic carbocycles. The second kappa shape index (κ2) is 9.12. The van der Waals surface area contributed by atoms with Crippen LogP contribution < -0.4 is 9.46 Å². The molecular formula is C16H27NO4S. The Bertz CT molecular complexity index is 526. The fourth-order valence-corrected chi connectivity index (χ4v) is 2.60. The Hall–Kier alpha value is -1.11. The van der Waals surface area contributed by atoms with Crippen molar-refractivity contribution >= 4 is 10.0 Å². The third-order valence-electron chi connectivity index (χ3n) is 3.36. The Morgan fingerprint density at radius 3 is 2.27 bits per heavy atom. The summed E-state index contributed by atoms with van der Waals surface area (Å²) in [5.74, 6) is 0.893. The third kappa shape index (κ3) is 6.34. The van der Waals surface area contributed by atoms with Crippen molar-refractivity contribution in [2.45, 2.75) is 38.9 Å². The molecule has 0 fully saturated rings. The molecule has 126 valence electrons. The average Bonchev–Trinajstić information content (AvgIpc) is 2.50. The molecule has 0 spiro atoms. The van der Waals surface area contributed by atoms with Crippen LogP contribution in [0.3, 0.4) is 0 Å². The van der Waals surface area contributed by atoms with Gasteiger partial charge in [0.1, 0.15) is 12.4 Å². The van der Waals surface area contributed by atoms with E-state index in [4.69, 9.17) is 9.47 Å². The monoisotopic (exact) mass is 329 g/mol. The summed E-state index contributed by atoms with van der Waals surface area (Å²) in [4.78, 5) is 0. The summed E-state index contributed by atoms with van der Waals surface area (Å²) in [5, 5.41) is -0.416. The zero-order chi connectivity index (χ0) is 16.6. The SMILES string of the molecule is CCOCCOc1ccc(C(C)CNS(=O)(=O)C(C)C)cc1. The smallest absolute Gasteiger partial charge is 0.213 e. The Labute approximate surface area is 134 Å². The first kappa shape index (κ1) is 18.9. The molecule has 0 bridgehead atoms. The van der Waals surface area contributed by atoms with Crippen LogP contribution in [0.2, 0.25) is 0 Å². The maximum absolute atomic E-state index is 11.7. The summed E-state index contributed by atoms with van der Waals surface area (Å²) >= 11 is 0. The fraction of sp³-hybridized carbons (Fsp3) is 0.625. The maximum Gasteiger partial charge on any atom is 0.213 e. The zero-order valence-electron chi connectivity index (χ0n) is 13.8. The molecule has 1 unspecified atom stereocenters. The summed E-state index contributed by atoms with van der Waals surface area (Å²) in [5.41, 5.74) is 1.07. The lowest BCUT2D eigenvalue weighted by molar-refractivity contribution is 0.110. The summed E-state index contributed by atoms with van der Waals surface area (Å²) in [6.07, 6.45) is 0. The van der Waals surface area contributed by atoms with E-state index >= 15 is 0 Å². The van der Waals surface area contributed by atoms with Gasteiger partial charge in [-0.25, -0.2) is 13.1 Å². The van der Waals surface area contributed by atoms with Crippen LogP contribution in [0.4, 0.5) is 0 Å². The molecule has 0 saturated carbocycles. The minimum atomic E-state index is -3.22. The van der Waals surface area contributed by atoms with Crippen molar-refractivity contribution in [3.63, 3.8) is 0 Å². The molecule has 0 aliphatic rings. The van der Waals surface area contributed by atoms with Crippen LogP contribution >= 0.6 is 0 Å². The van der Waals surface area contributed by atoms with Gasteiger partial charge >= 0.3 is 0 Å². The molecule has 0 radical (unpaired) electrons. The van der Waals surface area contributed by atoms with E-state index in [9.17, 15) is 8.42 Å². The predicted octanol–water partition coefficient (Wildman–Crippen LogP) is 2.53. The number of nitrogens with one attached hydrogen (secondary N) is 1. The van der Waals surface area contributed by atoms with Crippen LogP contribution in [0.1, 0.15) is 39.2 Å². The van der Waals surface area contributed by atoms with Gasteiger partial charge in [-0.3, -0.25) is 0 Å². The van der Waals surface area contributed by atoms with E-state index < -0.39 is 15.3 Å². The molecule has 0 aromatic heterocycles. The van der Waals surface area contributed by atoms with Crippen LogP contribution in [-0.4, -0.2) is 40.0 Å². The molecule has 0 heterocycles. The second-order valence-electron chi connectivity index (χ2n) is 5.46. The highest BCUT2D eigenvalue weighted by atomic mass is 32.2. The molecule has 1 N–H and O–H groups in total. The lowest BCUT2D eigenvalue weighted by Gasteiger charge is -2.15. The van der Waals surface area contributed by atoms with Crippen LogP contribution in [-0.2, 0) is 14.8 Å². The largest absolute Gasteiger partial charge is 0.491 e. The van der Waals surface area contributed by atoms with Crippen molar-refractivity contribution in [1.82, 2.24) is 4.72 Å². The molecule has 0 aliphatic heterocycles. The molecule has 1 aromatic carbocycles. The Kier molecular flexibility index (Phi) is 7.85. The minimum absolute atomic E-state index is 0.103. The normalized spacial score (nSPS) is 13.3. The zero-order valence-corrected chi connectivity index (χ0v) is 14.7. The molecule has 0 amide bonds. The van der Waals surface area contributed by atoms with Gasteiger partial charge in [-0.15, -0.1) is 0 Å². The molecule has 22 heavy (non-hydrogen) atoms. The van der Waals surface area contributed by atoms with E-state index in [-0.39, 0.29) is 5.92 Å². The Balaban J connectivity index is 2.48. The van der Waals surface area contributed by atoms with Crippen LogP contribution in [0, 0.1) is 0 Å². The Morgan fingerprint density at radius 2 is 1.73 bits per heavy atom. The topological polar surface area (TPSA) is 64.6 Å². The van der Waals surface area contributed by atoms with Crippen LogP contribution in [0.25, 0.3) is 0 Å². The highest BCUT2D eigenvalue weighted by Gasteiger charge is 2.16.